The van der Waals surface area contributed by atoms with Crippen LogP contribution in [0.15, 0.2) is 42.9 Å². The van der Waals surface area contributed by atoms with Crippen LogP contribution in [0, 0.1) is 0 Å². The first-order valence-corrected chi connectivity index (χ1v) is 11.8. The number of hydrogen-bond donors (Lipinski definition) is 1. The lowest BCUT2D eigenvalue weighted by atomic mass is 9.96. The highest BCUT2D eigenvalue weighted by Gasteiger charge is 2.39. The van der Waals surface area contributed by atoms with Crippen LogP contribution < -0.4 is 10.2 Å². The molecule has 7 nitrogen and oxygen atoms in total. The zero-order chi connectivity index (χ0) is 23.2. The van der Waals surface area contributed by atoms with Gasteiger partial charge in [0, 0.05) is 44.5 Å². The van der Waals surface area contributed by atoms with Gasteiger partial charge < -0.3 is 19.7 Å². The quantitative estimate of drug-likeness (QED) is 0.622. The fourth-order valence-corrected chi connectivity index (χ4v) is 4.49. The Labute approximate surface area is 195 Å². The Morgan fingerprint density at radius 2 is 2.06 bits per heavy atom. The zero-order valence-corrected chi connectivity index (χ0v) is 19.9. The first kappa shape index (κ1) is 21.5. The van der Waals surface area contributed by atoms with E-state index in [0.717, 1.165) is 54.8 Å². The van der Waals surface area contributed by atoms with Crippen molar-refractivity contribution in [1.29, 1.82) is 0 Å². The molecular formula is C26H32N6O. The van der Waals surface area contributed by atoms with Crippen molar-refractivity contribution in [2.24, 2.45) is 7.05 Å². The third kappa shape index (κ3) is 4.19. The highest BCUT2D eigenvalue weighted by molar-refractivity contribution is 5.80. The minimum Gasteiger partial charge on any atom is -0.334 e. The molecule has 0 saturated heterocycles. The second kappa shape index (κ2) is 8.21. The van der Waals surface area contributed by atoms with Crippen LogP contribution in [-0.4, -0.2) is 51.1 Å². The second-order valence-electron chi connectivity index (χ2n) is 9.56. The zero-order valence-electron chi connectivity index (χ0n) is 19.9. The summed E-state index contributed by atoms with van der Waals surface area (Å²) in [7, 11) is 4.07. The SMILES string of the molecule is CCc1cc(C2=CCN(C(=O)NC3(C)CC3)CC2)ccc1N(C)c1cc2c(cn1)ncn2C. The Kier molecular flexibility index (Phi) is 5.35. The molecule has 0 spiro atoms. The molecule has 0 bridgehead atoms. The van der Waals surface area contributed by atoms with Crippen LogP contribution in [0.2, 0.25) is 0 Å². The fraction of sp³-hybridized carbons (Fsp3) is 0.423. The van der Waals surface area contributed by atoms with Crippen LogP contribution in [0.3, 0.4) is 0 Å². The van der Waals surface area contributed by atoms with Crippen molar-refractivity contribution in [3.63, 3.8) is 0 Å². The lowest BCUT2D eigenvalue weighted by Crippen LogP contribution is -2.46. The molecule has 1 aliphatic heterocycles. The van der Waals surface area contributed by atoms with Crippen LogP contribution in [-0.2, 0) is 13.5 Å². The molecule has 0 radical (unpaired) electrons. The lowest BCUT2D eigenvalue weighted by molar-refractivity contribution is 0.198. The van der Waals surface area contributed by atoms with Gasteiger partial charge in [0.2, 0.25) is 0 Å². The van der Waals surface area contributed by atoms with Crippen molar-refractivity contribution < 1.29 is 4.79 Å². The Hall–Kier alpha value is -3.35. The van der Waals surface area contributed by atoms with E-state index in [9.17, 15) is 4.79 Å². The molecule has 0 unspecified atom stereocenters. The van der Waals surface area contributed by atoms with E-state index in [1.165, 1.54) is 16.7 Å². The average Bonchev–Trinajstić information content (AvgIpc) is 3.45. The number of fused-ring (bicyclic) bond motifs is 1. The molecule has 2 aliphatic rings. The number of urea groups is 1. The molecule has 0 atom stereocenters. The summed E-state index contributed by atoms with van der Waals surface area (Å²) in [6.45, 7) is 5.72. The maximum atomic E-state index is 12.5. The van der Waals surface area contributed by atoms with E-state index in [1.807, 2.05) is 29.0 Å². The predicted molar refractivity (Wildman–Crippen MR) is 133 cm³/mol. The summed E-state index contributed by atoms with van der Waals surface area (Å²) in [4.78, 5) is 25.6. The van der Waals surface area contributed by atoms with Gasteiger partial charge in [-0.25, -0.2) is 14.8 Å². The summed E-state index contributed by atoms with van der Waals surface area (Å²) >= 11 is 0. The van der Waals surface area contributed by atoms with Crippen LogP contribution in [0.25, 0.3) is 16.6 Å². The Balaban J connectivity index is 1.34. The first-order valence-electron chi connectivity index (χ1n) is 11.8. The number of carbonyl (C=O) groups is 1. The van der Waals surface area contributed by atoms with E-state index < -0.39 is 0 Å². The number of imidazole rings is 1. The maximum absolute atomic E-state index is 12.5. The normalized spacial score (nSPS) is 17.1. The van der Waals surface area contributed by atoms with Crippen LogP contribution in [0.1, 0.15) is 44.2 Å². The summed E-state index contributed by atoms with van der Waals surface area (Å²) < 4.78 is 2.02. The molecule has 2 amide bonds. The summed E-state index contributed by atoms with van der Waals surface area (Å²) in [5, 5.41) is 3.16. The van der Waals surface area contributed by atoms with Crippen LogP contribution in [0.4, 0.5) is 16.3 Å². The number of benzene rings is 1. The van der Waals surface area contributed by atoms with Gasteiger partial charge in [0.15, 0.2) is 0 Å². The molecule has 1 N–H and O–H groups in total. The summed E-state index contributed by atoms with van der Waals surface area (Å²) in [5.41, 5.74) is 6.99. The number of aryl methyl sites for hydroxylation is 2. The number of carbonyl (C=O) groups excluding carboxylic acids is 1. The molecule has 1 aromatic carbocycles. The van der Waals surface area contributed by atoms with Crippen molar-refractivity contribution >= 4 is 34.1 Å². The molecule has 1 fully saturated rings. The van der Waals surface area contributed by atoms with Crippen LogP contribution in [0.5, 0.6) is 0 Å². The average molecular weight is 445 g/mol. The summed E-state index contributed by atoms with van der Waals surface area (Å²) in [6, 6.07) is 8.83. The van der Waals surface area contributed by atoms with Crippen molar-refractivity contribution in [1.82, 2.24) is 24.8 Å². The van der Waals surface area contributed by atoms with Gasteiger partial charge in [-0.3, -0.25) is 0 Å². The third-order valence-corrected chi connectivity index (χ3v) is 7.04. The van der Waals surface area contributed by atoms with Crippen LogP contribution >= 0.6 is 0 Å². The minimum atomic E-state index is 0.0229. The minimum absolute atomic E-state index is 0.0229. The number of anilines is 2. The van der Waals surface area contributed by atoms with E-state index in [2.05, 4.69) is 71.4 Å². The van der Waals surface area contributed by atoms with E-state index in [1.54, 1.807) is 0 Å². The van der Waals surface area contributed by atoms with Gasteiger partial charge in [-0.15, -0.1) is 0 Å². The molecule has 3 heterocycles. The molecule has 1 saturated carbocycles. The number of nitrogens with zero attached hydrogens (tertiary/aromatic N) is 5. The second-order valence-corrected chi connectivity index (χ2v) is 9.56. The smallest absolute Gasteiger partial charge is 0.318 e. The van der Waals surface area contributed by atoms with E-state index in [-0.39, 0.29) is 11.6 Å². The molecule has 5 rings (SSSR count). The highest BCUT2D eigenvalue weighted by atomic mass is 16.2. The number of amides is 2. The Morgan fingerprint density at radius 1 is 1.24 bits per heavy atom. The molecule has 33 heavy (non-hydrogen) atoms. The molecule has 172 valence electrons. The number of hydrogen-bond acceptors (Lipinski definition) is 4. The van der Waals surface area contributed by atoms with Gasteiger partial charge >= 0.3 is 6.03 Å². The largest absolute Gasteiger partial charge is 0.334 e. The van der Waals surface area contributed by atoms with Crippen molar-refractivity contribution in [3.05, 3.63) is 54.0 Å². The monoisotopic (exact) mass is 444 g/mol. The van der Waals surface area contributed by atoms with Crippen molar-refractivity contribution in [3.8, 4) is 0 Å². The van der Waals surface area contributed by atoms with Gasteiger partial charge in [0.1, 0.15) is 11.3 Å². The standard InChI is InChI=1S/C26H32N6O/c1-5-18-14-20(19-8-12-32(13-9-19)25(33)29-26(2)10-11-26)6-7-22(18)31(4)24-15-23-21(16-27-24)28-17-30(23)3/h6-8,14-17H,5,9-13H2,1-4H3,(H,29,33). The van der Waals surface area contributed by atoms with Crippen molar-refractivity contribution in [2.45, 2.75) is 45.1 Å². The number of pyridine rings is 1. The van der Waals surface area contributed by atoms with E-state index in [0.29, 0.717) is 6.54 Å². The lowest BCUT2D eigenvalue weighted by Gasteiger charge is -2.29. The molecular weight excluding hydrogens is 412 g/mol. The number of nitrogens with one attached hydrogen (secondary N) is 1. The van der Waals surface area contributed by atoms with Gasteiger partial charge in [-0.1, -0.05) is 19.1 Å². The van der Waals surface area contributed by atoms with Gasteiger partial charge in [-0.2, -0.15) is 0 Å². The maximum Gasteiger partial charge on any atom is 0.318 e. The summed E-state index contributed by atoms with van der Waals surface area (Å²) in [5.74, 6) is 0.899. The molecule has 7 heteroatoms. The number of aromatic nitrogens is 3. The number of rotatable bonds is 5. The fourth-order valence-electron chi connectivity index (χ4n) is 4.49. The molecule has 2 aromatic heterocycles. The van der Waals surface area contributed by atoms with Gasteiger partial charge in [0.05, 0.1) is 18.0 Å². The molecule has 1 aliphatic carbocycles. The summed E-state index contributed by atoms with van der Waals surface area (Å²) in [6.07, 6.45) is 9.83. The molecule has 3 aromatic rings. The third-order valence-electron chi connectivity index (χ3n) is 7.04. The first-order chi connectivity index (χ1) is 15.9. The predicted octanol–water partition coefficient (Wildman–Crippen LogP) is 4.65. The Morgan fingerprint density at radius 3 is 2.76 bits per heavy atom. The van der Waals surface area contributed by atoms with Gasteiger partial charge in [-0.05, 0) is 61.4 Å². The highest BCUT2D eigenvalue weighted by Crippen LogP contribution is 2.35. The van der Waals surface area contributed by atoms with Gasteiger partial charge in [0.25, 0.3) is 0 Å². The Bertz CT molecular complexity index is 1240. The topological polar surface area (TPSA) is 66.3 Å². The van der Waals surface area contributed by atoms with E-state index in [4.69, 9.17) is 0 Å². The van der Waals surface area contributed by atoms with E-state index >= 15 is 0 Å². The van der Waals surface area contributed by atoms with Crippen molar-refractivity contribution in [2.75, 3.05) is 25.0 Å².